The summed E-state index contributed by atoms with van der Waals surface area (Å²) in [7, 11) is 0. The second-order valence-corrected chi connectivity index (χ2v) is 3.77. The van der Waals surface area contributed by atoms with Crippen LogP contribution in [0, 0.1) is 6.92 Å². The standard InChI is InChI=1S/C9H12BrNO.ClH/c1-5-3-4-7(10)8(6(2)11)9(5)12;/h3-4,6,12H,11H2,1-2H3;1H/t6-;/m1./s1. The minimum absolute atomic E-state index is 0. The lowest BCUT2D eigenvalue weighted by Crippen LogP contribution is -2.06. The van der Waals surface area contributed by atoms with Crippen molar-refractivity contribution in [3.05, 3.63) is 27.7 Å². The van der Waals surface area contributed by atoms with Gasteiger partial charge in [-0.1, -0.05) is 22.0 Å². The van der Waals surface area contributed by atoms with Gasteiger partial charge in [0.2, 0.25) is 0 Å². The molecule has 0 aliphatic heterocycles. The van der Waals surface area contributed by atoms with Crippen molar-refractivity contribution in [1.29, 1.82) is 0 Å². The average molecular weight is 267 g/mol. The van der Waals surface area contributed by atoms with Crippen molar-refractivity contribution < 1.29 is 5.11 Å². The van der Waals surface area contributed by atoms with Gasteiger partial charge in [-0.3, -0.25) is 0 Å². The minimum Gasteiger partial charge on any atom is -0.507 e. The Bertz CT molecular complexity index is 302. The Balaban J connectivity index is 0.00000144. The average Bonchev–Trinajstić information content (AvgIpc) is 1.97. The predicted octanol–water partition coefficient (Wildman–Crippen LogP) is 2.90. The summed E-state index contributed by atoms with van der Waals surface area (Å²) < 4.78 is 0.862. The van der Waals surface area contributed by atoms with E-state index in [9.17, 15) is 5.11 Å². The summed E-state index contributed by atoms with van der Waals surface area (Å²) in [5.41, 5.74) is 7.32. The molecule has 0 spiro atoms. The van der Waals surface area contributed by atoms with Gasteiger partial charge in [0, 0.05) is 16.1 Å². The fourth-order valence-electron chi connectivity index (χ4n) is 1.13. The third kappa shape index (κ3) is 2.59. The van der Waals surface area contributed by atoms with Crippen LogP contribution in [0.3, 0.4) is 0 Å². The Kier molecular flexibility index (Phi) is 4.75. The van der Waals surface area contributed by atoms with Crippen molar-refractivity contribution in [1.82, 2.24) is 0 Å². The van der Waals surface area contributed by atoms with E-state index < -0.39 is 0 Å². The first kappa shape index (κ1) is 12.8. The number of phenols is 1. The van der Waals surface area contributed by atoms with E-state index >= 15 is 0 Å². The number of rotatable bonds is 1. The molecule has 0 heterocycles. The van der Waals surface area contributed by atoms with Gasteiger partial charge >= 0.3 is 0 Å². The van der Waals surface area contributed by atoms with Crippen LogP contribution in [0.2, 0.25) is 0 Å². The molecular weight excluding hydrogens is 253 g/mol. The lowest BCUT2D eigenvalue weighted by atomic mass is 10.0. The number of benzene rings is 1. The summed E-state index contributed by atoms with van der Waals surface area (Å²) in [6, 6.07) is 3.60. The number of hydrogen-bond donors (Lipinski definition) is 2. The van der Waals surface area contributed by atoms with Crippen molar-refractivity contribution in [2.75, 3.05) is 0 Å². The predicted molar refractivity (Wildman–Crippen MR) is 60.4 cm³/mol. The maximum atomic E-state index is 9.64. The number of aryl methyl sites for hydroxylation is 1. The van der Waals surface area contributed by atoms with E-state index in [1.165, 1.54) is 0 Å². The lowest BCUT2D eigenvalue weighted by Gasteiger charge is -2.12. The first-order valence-corrected chi connectivity index (χ1v) is 4.57. The molecule has 3 N–H and O–H groups in total. The summed E-state index contributed by atoms with van der Waals surface area (Å²) in [6.45, 7) is 3.70. The minimum atomic E-state index is -0.153. The summed E-state index contributed by atoms with van der Waals surface area (Å²) in [6.07, 6.45) is 0. The van der Waals surface area contributed by atoms with Gasteiger partial charge in [0.15, 0.2) is 0 Å². The molecule has 1 rings (SSSR count). The number of phenolic OH excluding ortho intramolecular Hbond substituents is 1. The smallest absolute Gasteiger partial charge is 0.124 e. The number of aromatic hydroxyl groups is 1. The zero-order valence-corrected chi connectivity index (χ0v) is 9.95. The summed E-state index contributed by atoms with van der Waals surface area (Å²) in [5.74, 6) is 0.291. The van der Waals surface area contributed by atoms with Gasteiger partial charge in [-0.15, -0.1) is 12.4 Å². The van der Waals surface area contributed by atoms with Gasteiger partial charge in [-0.05, 0) is 25.5 Å². The van der Waals surface area contributed by atoms with Gasteiger partial charge in [0.05, 0.1) is 0 Å². The molecular formula is C9H13BrClNO. The lowest BCUT2D eigenvalue weighted by molar-refractivity contribution is 0.459. The van der Waals surface area contributed by atoms with Crippen LogP contribution in [0.1, 0.15) is 24.1 Å². The number of nitrogens with two attached hydrogens (primary N) is 1. The molecule has 0 saturated heterocycles. The normalized spacial score (nSPS) is 12.0. The molecule has 1 aromatic carbocycles. The fraction of sp³-hybridized carbons (Fsp3) is 0.333. The van der Waals surface area contributed by atoms with Gasteiger partial charge in [0.1, 0.15) is 5.75 Å². The van der Waals surface area contributed by atoms with Crippen LogP contribution in [0.5, 0.6) is 5.75 Å². The van der Waals surface area contributed by atoms with Crippen molar-refractivity contribution in [3.8, 4) is 5.75 Å². The molecule has 74 valence electrons. The molecule has 1 aromatic rings. The maximum Gasteiger partial charge on any atom is 0.124 e. The zero-order chi connectivity index (χ0) is 9.30. The molecule has 1 atom stereocenters. The van der Waals surface area contributed by atoms with Gasteiger partial charge in [-0.25, -0.2) is 0 Å². The number of hydrogen-bond acceptors (Lipinski definition) is 2. The Labute approximate surface area is 92.7 Å². The highest BCUT2D eigenvalue weighted by Crippen LogP contribution is 2.32. The zero-order valence-electron chi connectivity index (χ0n) is 7.54. The van der Waals surface area contributed by atoms with E-state index in [1.54, 1.807) is 0 Å². The van der Waals surface area contributed by atoms with Gasteiger partial charge in [0.25, 0.3) is 0 Å². The SMILES string of the molecule is Cc1ccc(Br)c([C@@H](C)N)c1O.Cl. The molecule has 0 unspecified atom stereocenters. The molecule has 0 aliphatic carbocycles. The van der Waals surface area contributed by atoms with E-state index in [1.807, 2.05) is 26.0 Å². The summed E-state index contributed by atoms with van der Waals surface area (Å²) in [4.78, 5) is 0. The second-order valence-electron chi connectivity index (χ2n) is 2.92. The third-order valence-corrected chi connectivity index (χ3v) is 2.51. The highest BCUT2D eigenvalue weighted by molar-refractivity contribution is 9.10. The molecule has 0 radical (unpaired) electrons. The molecule has 2 nitrogen and oxygen atoms in total. The van der Waals surface area contributed by atoms with Crippen molar-refractivity contribution in [2.24, 2.45) is 5.73 Å². The highest BCUT2D eigenvalue weighted by atomic mass is 79.9. The first-order chi connectivity index (χ1) is 5.54. The Morgan fingerprint density at radius 2 is 2.00 bits per heavy atom. The summed E-state index contributed by atoms with van der Waals surface area (Å²) >= 11 is 3.34. The topological polar surface area (TPSA) is 46.2 Å². The quantitative estimate of drug-likeness (QED) is 0.821. The highest BCUT2D eigenvalue weighted by Gasteiger charge is 2.11. The molecule has 0 bridgehead atoms. The molecule has 0 fully saturated rings. The van der Waals surface area contributed by atoms with E-state index in [-0.39, 0.29) is 18.4 Å². The molecule has 0 aliphatic rings. The van der Waals surface area contributed by atoms with Crippen LogP contribution in [0.4, 0.5) is 0 Å². The van der Waals surface area contributed by atoms with Crippen LogP contribution in [-0.2, 0) is 0 Å². The molecule has 0 aromatic heterocycles. The Hall–Kier alpha value is -0.250. The molecule has 0 amide bonds. The molecule has 4 heteroatoms. The molecule has 13 heavy (non-hydrogen) atoms. The molecule has 0 saturated carbocycles. The van der Waals surface area contributed by atoms with Crippen molar-refractivity contribution in [2.45, 2.75) is 19.9 Å². The van der Waals surface area contributed by atoms with Gasteiger partial charge in [-0.2, -0.15) is 0 Å². The maximum absolute atomic E-state index is 9.64. The van der Waals surface area contributed by atoms with Crippen molar-refractivity contribution >= 4 is 28.3 Å². The van der Waals surface area contributed by atoms with E-state index in [0.717, 1.165) is 15.6 Å². The Morgan fingerprint density at radius 1 is 1.46 bits per heavy atom. The van der Waals surface area contributed by atoms with E-state index in [2.05, 4.69) is 15.9 Å². The van der Waals surface area contributed by atoms with Crippen LogP contribution < -0.4 is 5.73 Å². The van der Waals surface area contributed by atoms with Crippen LogP contribution in [0.15, 0.2) is 16.6 Å². The second kappa shape index (κ2) is 4.84. The fourth-order valence-corrected chi connectivity index (χ4v) is 1.81. The Morgan fingerprint density at radius 3 is 2.38 bits per heavy atom. The van der Waals surface area contributed by atoms with E-state index in [0.29, 0.717) is 5.75 Å². The van der Waals surface area contributed by atoms with E-state index in [4.69, 9.17) is 5.73 Å². The van der Waals surface area contributed by atoms with Crippen LogP contribution in [0.25, 0.3) is 0 Å². The van der Waals surface area contributed by atoms with Gasteiger partial charge < -0.3 is 10.8 Å². The third-order valence-electron chi connectivity index (χ3n) is 1.82. The van der Waals surface area contributed by atoms with Crippen LogP contribution in [-0.4, -0.2) is 5.11 Å². The van der Waals surface area contributed by atoms with Crippen LogP contribution >= 0.6 is 28.3 Å². The number of halogens is 2. The largest absolute Gasteiger partial charge is 0.507 e. The van der Waals surface area contributed by atoms with Crippen molar-refractivity contribution in [3.63, 3.8) is 0 Å². The monoisotopic (exact) mass is 265 g/mol. The first-order valence-electron chi connectivity index (χ1n) is 3.77. The summed E-state index contributed by atoms with van der Waals surface area (Å²) in [5, 5.41) is 9.64.